The number of nitrogens with zero attached hydrogens (tertiary/aromatic N) is 1. The Morgan fingerprint density at radius 1 is 1.42 bits per heavy atom. The number of rotatable bonds is 3. The van der Waals surface area contributed by atoms with Crippen molar-refractivity contribution in [1.29, 1.82) is 0 Å². The molecule has 5 unspecified atom stereocenters. The molecule has 1 aromatic rings. The maximum atomic E-state index is 13.2. The molecule has 136 valence electrons. The standard InChI is InChI=1S/C20H21NO5/c1-25-12-5-6-13-11(9-12)3-2-4-14(13)21-10-20-8-7-15(26-20)16(19(23)24)17(20)18(21)22/h5-9,14-17H,2-4,10H2,1H3,(H,23,24). The lowest BCUT2D eigenvalue weighted by Gasteiger charge is -2.34. The Balaban J connectivity index is 1.51. The number of amides is 1. The maximum absolute atomic E-state index is 13.2. The van der Waals surface area contributed by atoms with Crippen molar-refractivity contribution in [2.45, 2.75) is 37.0 Å². The normalized spacial score (nSPS) is 37.0. The molecule has 2 fully saturated rings. The lowest BCUT2D eigenvalue weighted by molar-refractivity contribution is -0.148. The van der Waals surface area contributed by atoms with Crippen LogP contribution in [0.1, 0.15) is 30.0 Å². The van der Waals surface area contributed by atoms with Crippen LogP contribution in [0.25, 0.3) is 0 Å². The number of hydrogen-bond acceptors (Lipinski definition) is 4. The predicted octanol–water partition coefficient (Wildman–Crippen LogP) is 1.94. The van der Waals surface area contributed by atoms with Gasteiger partial charge in [0.1, 0.15) is 17.3 Å². The summed E-state index contributed by atoms with van der Waals surface area (Å²) < 4.78 is 11.3. The van der Waals surface area contributed by atoms with Crippen molar-refractivity contribution in [3.8, 4) is 5.75 Å². The van der Waals surface area contributed by atoms with Crippen LogP contribution in [0, 0.1) is 11.8 Å². The number of ether oxygens (including phenoxy) is 2. The topological polar surface area (TPSA) is 76.1 Å². The molecule has 4 aliphatic rings. The van der Waals surface area contributed by atoms with Gasteiger partial charge in [0.15, 0.2) is 0 Å². The Morgan fingerprint density at radius 3 is 3.04 bits per heavy atom. The van der Waals surface area contributed by atoms with Crippen molar-refractivity contribution >= 4 is 11.9 Å². The third-order valence-electron chi connectivity index (χ3n) is 6.42. The van der Waals surface area contributed by atoms with Gasteiger partial charge < -0.3 is 19.5 Å². The molecule has 3 aliphatic heterocycles. The largest absolute Gasteiger partial charge is 0.497 e. The zero-order valence-electron chi connectivity index (χ0n) is 14.6. The Hall–Kier alpha value is -2.34. The Labute approximate surface area is 151 Å². The van der Waals surface area contributed by atoms with Crippen LogP contribution in [0.3, 0.4) is 0 Å². The molecule has 6 nitrogen and oxygen atoms in total. The van der Waals surface area contributed by atoms with Gasteiger partial charge in [-0.25, -0.2) is 0 Å². The minimum absolute atomic E-state index is 0.0253. The predicted molar refractivity (Wildman–Crippen MR) is 91.7 cm³/mol. The average molecular weight is 355 g/mol. The fourth-order valence-corrected chi connectivity index (χ4v) is 5.29. The Bertz CT molecular complexity index is 833. The van der Waals surface area contributed by atoms with Gasteiger partial charge in [0.05, 0.1) is 31.7 Å². The van der Waals surface area contributed by atoms with E-state index in [4.69, 9.17) is 9.47 Å². The Morgan fingerprint density at radius 2 is 2.27 bits per heavy atom. The number of carboxylic acid groups (broad SMARTS) is 1. The molecule has 0 saturated carbocycles. The molecular weight excluding hydrogens is 334 g/mol. The molecule has 2 bridgehead atoms. The quantitative estimate of drug-likeness (QED) is 0.839. The van der Waals surface area contributed by atoms with Crippen LogP contribution in [0.2, 0.25) is 0 Å². The third kappa shape index (κ3) is 1.96. The number of methoxy groups -OCH3 is 1. The molecule has 0 radical (unpaired) electrons. The second-order valence-electron chi connectivity index (χ2n) is 7.68. The molecule has 5 atom stereocenters. The van der Waals surface area contributed by atoms with E-state index in [2.05, 4.69) is 0 Å². The van der Waals surface area contributed by atoms with Crippen LogP contribution in [0.4, 0.5) is 0 Å². The zero-order valence-corrected chi connectivity index (χ0v) is 14.6. The van der Waals surface area contributed by atoms with E-state index < -0.39 is 29.5 Å². The molecule has 6 heteroatoms. The maximum Gasteiger partial charge on any atom is 0.310 e. The lowest BCUT2D eigenvalue weighted by Crippen LogP contribution is -2.39. The van der Waals surface area contributed by atoms with Crippen molar-refractivity contribution in [2.24, 2.45) is 11.8 Å². The average Bonchev–Trinajstić information content (AvgIpc) is 3.29. The molecule has 3 heterocycles. The van der Waals surface area contributed by atoms with Gasteiger partial charge in [-0.3, -0.25) is 9.59 Å². The number of aryl methyl sites for hydroxylation is 1. The van der Waals surface area contributed by atoms with E-state index in [0.29, 0.717) is 6.54 Å². The van der Waals surface area contributed by atoms with Gasteiger partial charge in [-0.05, 0) is 42.5 Å². The first-order valence-corrected chi connectivity index (χ1v) is 9.11. The summed E-state index contributed by atoms with van der Waals surface area (Å²) in [6.07, 6.45) is 6.10. The van der Waals surface area contributed by atoms with Crippen molar-refractivity contribution in [2.75, 3.05) is 13.7 Å². The number of carbonyl (C=O) groups excluding carboxylic acids is 1. The van der Waals surface area contributed by atoms with Crippen molar-refractivity contribution in [1.82, 2.24) is 4.90 Å². The van der Waals surface area contributed by atoms with Crippen LogP contribution >= 0.6 is 0 Å². The van der Waals surface area contributed by atoms with Crippen LogP contribution in [0.15, 0.2) is 30.4 Å². The highest BCUT2D eigenvalue weighted by Gasteiger charge is 2.67. The number of aliphatic carboxylic acids is 1. The third-order valence-corrected chi connectivity index (χ3v) is 6.42. The van der Waals surface area contributed by atoms with E-state index in [1.165, 1.54) is 5.56 Å². The molecule has 1 spiro atoms. The van der Waals surface area contributed by atoms with Gasteiger partial charge in [0.2, 0.25) is 5.91 Å². The van der Waals surface area contributed by atoms with Gasteiger partial charge in [0, 0.05) is 0 Å². The summed E-state index contributed by atoms with van der Waals surface area (Å²) in [7, 11) is 1.65. The summed E-state index contributed by atoms with van der Waals surface area (Å²) in [4.78, 5) is 26.8. The van der Waals surface area contributed by atoms with Gasteiger partial charge in [-0.2, -0.15) is 0 Å². The van der Waals surface area contributed by atoms with Crippen LogP contribution < -0.4 is 4.74 Å². The summed E-state index contributed by atoms with van der Waals surface area (Å²) in [5, 5.41) is 9.61. The Kier molecular flexibility index (Phi) is 3.26. The van der Waals surface area contributed by atoms with E-state index in [1.807, 2.05) is 35.3 Å². The van der Waals surface area contributed by atoms with Crippen LogP contribution in [-0.2, 0) is 20.7 Å². The van der Waals surface area contributed by atoms with Crippen molar-refractivity contribution in [3.05, 3.63) is 41.5 Å². The minimum atomic E-state index is -0.949. The van der Waals surface area contributed by atoms with Gasteiger partial charge in [-0.15, -0.1) is 0 Å². The first-order chi connectivity index (χ1) is 12.5. The highest BCUT2D eigenvalue weighted by atomic mass is 16.5. The fraction of sp³-hybridized carbons (Fsp3) is 0.500. The number of likely N-dealkylation sites (tertiary alicyclic amines) is 1. The van der Waals surface area contributed by atoms with Crippen LogP contribution in [-0.4, -0.2) is 47.2 Å². The summed E-state index contributed by atoms with van der Waals surface area (Å²) in [6.45, 7) is 0.434. The molecule has 1 amide bonds. The van der Waals surface area contributed by atoms with Crippen molar-refractivity contribution < 1.29 is 24.2 Å². The number of fused-ring (bicyclic) bond motifs is 2. The first kappa shape index (κ1) is 15.9. The highest BCUT2D eigenvalue weighted by molar-refractivity contribution is 5.91. The number of carboxylic acids is 1. The number of hydrogen-bond donors (Lipinski definition) is 1. The minimum Gasteiger partial charge on any atom is -0.497 e. The molecule has 1 aliphatic carbocycles. The van der Waals surface area contributed by atoms with Crippen molar-refractivity contribution in [3.63, 3.8) is 0 Å². The summed E-state index contributed by atoms with van der Waals surface area (Å²) in [5.74, 6) is -1.60. The summed E-state index contributed by atoms with van der Waals surface area (Å²) in [5.41, 5.74) is 1.58. The van der Waals surface area contributed by atoms with E-state index >= 15 is 0 Å². The number of benzene rings is 1. The van der Waals surface area contributed by atoms with E-state index in [-0.39, 0.29) is 11.9 Å². The van der Waals surface area contributed by atoms with E-state index in [9.17, 15) is 14.7 Å². The highest BCUT2D eigenvalue weighted by Crippen LogP contribution is 2.54. The molecule has 0 aromatic heterocycles. The zero-order chi connectivity index (χ0) is 18.1. The molecule has 26 heavy (non-hydrogen) atoms. The molecule has 1 aromatic carbocycles. The van der Waals surface area contributed by atoms with Gasteiger partial charge >= 0.3 is 5.97 Å². The molecule has 2 saturated heterocycles. The van der Waals surface area contributed by atoms with E-state index in [0.717, 1.165) is 30.6 Å². The van der Waals surface area contributed by atoms with Gasteiger partial charge in [-0.1, -0.05) is 18.2 Å². The summed E-state index contributed by atoms with van der Waals surface area (Å²) >= 11 is 0. The second kappa shape index (κ2) is 5.33. The van der Waals surface area contributed by atoms with Crippen LogP contribution in [0.5, 0.6) is 5.75 Å². The lowest BCUT2D eigenvalue weighted by atomic mass is 9.77. The van der Waals surface area contributed by atoms with E-state index in [1.54, 1.807) is 7.11 Å². The SMILES string of the molecule is COc1ccc2c(c1)CCCC2N1CC23C=CC(O2)C(C(=O)O)C3C1=O. The fourth-order valence-electron chi connectivity index (χ4n) is 5.29. The number of carbonyl (C=O) groups is 2. The van der Waals surface area contributed by atoms with Gasteiger partial charge in [0.25, 0.3) is 0 Å². The summed E-state index contributed by atoms with van der Waals surface area (Å²) in [6, 6.07) is 5.99. The molecule has 5 rings (SSSR count). The second-order valence-corrected chi connectivity index (χ2v) is 7.68. The first-order valence-electron chi connectivity index (χ1n) is 9.11. The monoisotopic (exact) mass is 355 g/mol. The molecule has 1 N–H and O–H groups in total. The smallest absolute Gasteiger partial charge is 0.310 e. The molecular formula is C20H21NO5.